The number of aryl methyl sites for hydroxylation is 2. The molecule has 1 aromatic carbocycles. The lowest BCUT2D eigenvalue weighted by Gasteiger charge is -2.06. The Balaban J connectivity index is 1.86. The molecule has 0 unspecified atom stereocenters. The highest BCUT2D eigenvalue weighted by Gasteiger charge is 2.22. The maximum Gasteiger partial charge on any atom is 0.257 e. The van der Waals surface area contributed by atoms with Gasteiger partial charge in [-0.1, -0.05) is 0 Å². The zero-order valence-corrected chi connectivity index (χ0v) is 10.7. The van der Waals surface area contributed by atoms with E-state index in [0.717, 1.165) is 36.2 Å². The fourth-order valence-corrected chi connectivity index (χ4v) is 2.67. The molecule has 4 heteroatoms. The van der Waals surface area contributed by atoms with Crippen LogP contribution in [0.5, 0.6) is 0 Å². The number of hydrogen-bond acceptors (Lipinski definition) is 1. The van der Waals surface area contributed by atoms with Gasteiger partial charge in [-0.05, 0) is 49.6 Å². The van der Waals surface area contributed by atoms with Crippen molar-refractivity contribution in [2.45, 2.75) is 26.3 Å². The first-order valence-corrected chi connectivity index (χ1v) is 6.40. The summed E-state index contributed by atoms with van der Waals surface area (Å²) in [5.41, 5.74) is 3.48. The molecule has 3 rings (SSSR count). The molecule has 0 aliphatic carbocycles. The zero-order chi connectivity index (χ0) is 13.4. The third-order valence-electron chi connectivity index (χ3n) is 3.52. The van der Waals surface area contributed by atoms with Crippen LogP contribution in [-0.2, 0) is 13.0 Å². The van der Waals surface area contributed by atoms with Gasteiger partial charge in [-0.3, -0.25) is 4.79 Å². The molecule has 1 N–H and O–H groups in total. The Bertz CT molecular complexity index is 628. The van der Waals surface area contributed by atoms with Crippen molar-refractivity contribution in [2.24, 2.45) is 0 Å². The Morgan fingerprint density at radius 1 is 1.32 bits per heavy atom. The van der Waals surface area contributed by atoms with Crippen LogP contribution in [0.3, 0.4) is 0 Å². The first kappa shape index (κ1) is 12.0. The first-order chi connectivity index (χ1) is 9.15. The summed E-state index contributed by atoms with van der Waals surface area (Å²) < 4.78 is 15.0. The maximum atomic E-state index is 12.8. The summed E-state index contributed by atoms with van der Waals surface area (Å²) in [6.07, 6.45) is 4.06. The molecule has 1 aliphatic rings. The van der Waals surface area contributed by atoms with Crippen molar-refractivity contribution in [3.63, 3.8) is 0 Å². The predicted octanol–water partition coefficient (Wildman–Crippen LogP) is 3.13. The average Bonchev–Trinajstić information content (AvgIpc) is 2.91. The molecule has 0 atom stereocenters. The molecule has 0 bridgehead atoms. The van der Waals surface area contributed by atoms with Crippen LogP contribution in [0.2, 0.25) is 0 Å². The van der Waals surface area contributed by atoms with Gasteiger partial charge in [0, 0.05) is 24.1 Å². The Labute approximate surface area is 111 Å². The summed E-state index contributed by atoms with van der Waals surface area (Å²) in [5, 5.41) is 2.82. The van der Waals surface area contributed by atoms with Gasteiger partial charge in [0.2, 0.25) is 0 Å². The van der Waals surface area contributed by atoms with Gasteiger partial charge in [0.1, 0.15) is 5.82 Å². The molecule has 0 saturated heterocycles. The summed E-state index contributed by atoms with van der Waals surface area (Å²) in [6.45, 7) is 2.94. The number of hydrogen-bond donors (Lipinski definition) is 1. The molecule has 2 aromatic rings. The maximum absolute atomic E-state index is 12.8. The minimum atomic E-state index is -0.307. The largest absolute Gasteiger partial charge is 0.350 e. The van der Waals surface area contributed by atoms with E-state index in [4.69, 9.17) is 0 Å². The second-order valence-electron chi connectivity index (χ2n) is 4.89. The number of amides is 1. The van der Waals surface area contributed by atoms with Crippen LogP contribution >= 0.6 is 0 Å². The van der Waals surface area contributed by atoms with Crippen molar-refractivity contribution in [1.82, 2.24) is 4.57 Å². The normalized spacial score (nSPS) is 13.4. The van der Waals surface area contributed by atoms with E-state index in [9.17, 15) is 9.18 Å². The molecule has 3 nitrogen and oxygen atoms in total. The Kier molecular flexibility index (Phi) is 2.85. The van der Waals surface area contributed by atoms with E-state index in [2.05, 4.69) is 9.88 Å². The fraction of sp³-hybridized carbons (Fsp3) is 0.267. The lowest BCUT2D eigenvalue weighted by molar-refractivity contribution is 0.102. The van der Waals surface area contributed by atoms with Gasteiger partial charge >= 0.3 is 0 Å². The Hall–Kier alpha value is -2.10. The summed E-state index contributed by atoms with van der Waals surface area (Å²) in [4.78, 5) is 12.3. The lowest BCUT2D eigenvalue weighted by Crippen LogP contribution is -2.14. The number of carbonyl (C=O) groups is 1. The molecule has 0 fully saturated rings. The van der Waals surface area contributed by atoms with E-state index < -0.39 is 0 Å². The van der Waals surface area contributed by atoms with E-state index in [-0.39, 0.29) is 11.7 Å². The quantitative estimate of drug-likeness (QED) is 0.882. The highest BCUT2D eigenvalue weighted by molar-refractivity contribution is 6.06. The van der Waals surface area contributed by atoms with Crippen LogP contribution in [0.1, 0.15) is 28.0 Å². The van der Waals surface area contributed by atoms with Crippen molar-refractivity contribution in [1.29, 1.82) is 0 Å². The van der Waals surface area contributed by atoms with Gasteiger partial charge in [0.05, 0.1) is 5.56 Å². The number of nitrogens with zero attached hydrogens (tertiary/aromatic N) is 1. The van der Waals surface area contributed by atoms with E-state index in [1.54, 1.807) is 12.1 Å². The number of rotatable bonds is 2. The smallest absolute Gasteiger partial charge is 0.257 e. The number of carbonyl (C=O) groups excluding carboxylic acids is 1. The highest BCUT2D eigenvalue weighted by atomic mass is 19.1. The van der Waals surface area contributed by atoms with E-state index in [0.29, 0.717) is 5.69 Å². The topological polar surface area (TPSA) is 34.0 Å². The van der Waals surface area contributed by atoms with Gasteiger partial charge in [0.15, 0.2) is 0 Å². The highest BCUT2D eigenvalue weighted by Crippen LogP contribution is 2.25. The number of nitrogens with one attached hydrogen (secondary N) is 1. The summed E-state index contributed by atoms with van der Waals surface area (Å²) in [5.74, 6) is -0.418. The molecular weight excluding hydrogens is 243 g/mol. The second kappa shape index (κ2) is 4.53. The lowest BCUT2D eigenvalue weighted by atomic mass is 10.1. The van der Waals surface area contributed by atoms with Crippen LogP contribution in [0.15, 0.2) is 30.5 Å². The van der Waals surface area contributed by atoms with Gasteiger partial charge in [0.25, 0.3) is 5.91 Å². The van der Waals surface area contributed by atoms with Crippen LogP contribution in [-0.4, -0.2) is 10.5 Å². The molecule has 19 heavy (non-hydrogen) atoms. The molecule has 0 spiro atoms. The zero-order valence-electron chi connectivity index (χ0n) is 10.7. The summed E-state index contributed by atoms with van der Waals surface area (Å²) in [7, 11) is 0. The standard InChI is InChI=1S/C15H15FN2O/c1-10-9-18-8-2-3-13(18)14(10)15(19)17-12-6-4-11(16)5-7-12/h4-7,9H,2-3,8H2,1H3,(H,17,19). The number of halogens is 1. The van der Waals surface area contributed by atoms with Crippen molar-refractivity contribution in [3.8, 4) is 0 Å². The molecule has 2 heterocycles. The van der Waals surface area contributed by atoms with Gasteiger partial charge < -0.3 is 9.88 Å². The Morgan fingerprint density at radius 3 is 2.79 bits per heavy atom. The fourth-order valence-electron chi connectivity index (χ4n) is 2.67. The third-order valence-corrected chi connectivity index (χ3v) is 3.52. The minimum Gasteiger partial charge on any atom is -0.350 e. The SMILES string of the molecule is Cc1cn2c(c1C(=O)Nc1ccc(F)cc1)CCC2. The van der Waals surface area contributed by atoms with Crippen molar-refractivity contribution in [2.75, 3.05) is 5.32 Å². The monoisotopic (exact) mass is 258 g/mol. The molecule has 0 saturated carbocycles. The van der Waals surface area contributed by atoms with Gasteiger partial charge in [-0.15, -0.1) is 0 Å². The summed E-state index contributed by atoms with van der Waals surface area (Å²) >= 11 is 0. The van der Waals surface area contributed by atoms with Crippen LogP contribution in [0.25, 0.3) is 0 Å². The minimum absolute atomic E-state index is 0.111. The molecule has 1 aliphatic heterocycles. The van der Waals surface area contributed by atoms with Crippen molar-refractivity contribution < 1.29 is 9.18 Å². The molecular formula is C15H15FN2O. The van der Waals surface area contributed by atoms with E-state index in [1.807, 2.05) is 13.1 Å². The average molecular weight is 258 g/mol. The van der Waals surface area contributed by atoms with Gasteiger partial charge in [-0.2, -0.15) is 0 Å². The first-order valence-electron chi connectivity index (χ1n) is 6.40. The van der Waals surface area contributed by atoms with Gasteiger partial charge in [-0.25, -0.2) is 4.39 Å². The number of fused-ring (bicyclic) bond motifs is 1. The number of benzene rings is 1. The molecule has 0 radical (unpaired) electrons. The van der Waals surface area contributed by atoms with E-state index >= 15 is 0 Å². The van der Waals surface area contributed by atoms with Crippen LogP contribution < -0.4 is 5.32 Å². The van der Waals surface area contributed by atoms with Crippen molar-refractivity contribution in [3.05, 3.63) is 53.1 Å². The van der Waals surface area contributed by atoms with Crippen molar-refractivity contribution >= 4 is 11.6 Å². The molecule has 98 valence electrons. The number of anilines is 1. The second-order valence-corrected chi connectivity index (χ2v) is 4.89. The van der Waals surface area contributed by atoms with Crippen LogP contribution in [0.4, 0.5) is 10.1 Å². The molecule has 1 amide bonds. The van der Waals surface area contributed by atoms with E-state index in [1.165, 1.54) is 12.1 Å². The van der Waals surface area contributed by atoms with Crippen LogP contribution in [0, 0.1) is 12.7 Å². The number of aromatic nitrogens is 1. The Morgan fingerprint density at radius 2 is 2.05 bits per heavy atom. The summed E-state index contributed by atoms with van der Waals surface area (Å²) in [6, 6.07) is 5.82. The predicted molar refractivity (Wildman–Crippen MR) is 71.8 cm³/mol. The third kappa shape index (κ3) is 2.14. The molecule has 1 aromatic heterocycles.